The van der Waals surface area contributed by atoms with Crippen LogP contribution in [0.2, 0.25) is 0 Å². The van der Waals surface area contributed by atoms with Gasteiger partial charge in [0.15, 0.2) is 11.6 Å². The average Bonchev–Trinajstić information content (AvgIpc) is 2.51. The van der Waals surface area contributed by atoms with E-state index in [1.165, 1.54) is 19.3 Å². The summed E-state index contributed by atoms with van der Waals surface area (Å²) in [5.41, 5.74) is -0.0394. The van der Waals surface area contributed by atoms with E-state index in [0.717, 1.165) is 31.7 Å². The third-order valence-corrected chi connectivity index (χ3v) is 3.98. The van der Waals surface area contributed by atoms with Crippen molar-refractivity contribution in [2.45, 2.75) is 77.3 Å². The molecule has 0 saturated heterocycles. The van der Waals surface area contributed by atoms with Gasteiger partial charge < -0.3 is 14.9 Å². The first kappa shape index (κ1) is 20.9. The quantitative estimate of drug-likeness (QED) is 0.333. The number of unbranched alkanes of at least 4 members (excludes halogenated alkanes) is 6. The van der Waals surface area contributed by atoms with Gasteiger partial charge in [-0.25, -0.2) is 13.2 Å². The van der Waals surface area contributed by atoms with Crippen molar-refractivity contribution in [3.63, 3.8) is 0 Å². The zero-order valence-corrected chi connectivity index (χ0v) is 14.1. The minimum atomic E-state index is -1.98. The molecule has 0 spiro atoms. The van der Waals surface area contributed by atoms with Crippen LogP contribution in [-0.4, -0.2) is 22.8 Å². The van der Waals surface area contributed by atoms with Crippen LogP contribution in [0.5, 0.6) is 0 Å². The Labute approximate surface area is 141 Å². The van der Waals surface area contributed by atoms with Gasteiger partial charge in [-0.15, -0.1) is 0 Å². The summed E-state index contributed by atoms with van der Waals surface area (Å²) in [5.74, 6) is -3.25. The standard InChI is InChI=1S/C18H27F3O3/c1-2-3-4-5-6-7-8-9-14(24-18(22)23)10-13-11-16(20)17(21)12-15(13)19/h11-12,14,18,22-23H,2-10H2,1H3. The van der Waals surface area contributed by atoms with Crippen molar-refractivity contribution in [3.05, 3.63) is 35.1 Å². The molecule has 0 aliphatic heterocycles. The number of hydrogen-bond acceptors (Lipinski definition) is 3. The fourth-order valence-electron chi connectivity index (χ4n) is 2.68. The fourth-order valence-corrected chi connectivity index (χ4v) is 2.68. The number of ether oxygens (including phenoxy) is 1. The van der Waals surface area contributed by atoms with E-state index in [1.807, 2.05) is 0 Å². The fraction of sp³-hybridized carbons (Fsp3) is 0.667. The first-order valence-corrected chi connectivity index (χ1v) is 8.59. The molecule has 0 saturated carbocycles. The van der Waals surface area contributed by atoms with Gasteiger partial charge in [-0.2, -0.15) is 0 Å². The lowest BCUT2D eigenvalue weighted by Crippen LogP contribution is -2.24. The molecule has 0 radical (unpaired) electrons. The highest BCUT2D eigenvalue weighted by atomic mass is 19.2. The van der Waals surface area contributed by atoms with Crippen LogP contribution in [0.4, 0.5) is 13.2 Å². The molecule has 0 amide bonds. The zero-order chi connectivity index (χ0) is 17.9. The van der Waals surface area contributed by atoms with E-state index in [9.17, 15) is 13.2 Å². The molecule has 0 aromatic heterocycles. The summed E-state index contributed by atoms with van der Waals surface area (Å²) in [7, 11) is 0. The minimum absolute atomic E-state index is 0.0394. The first-order chi connectivity index (χ1) is 11.4. The van der Waals surface area contributed by atoms with Crippen LogP contribution in [0, 0.1) is 17.5 Å². The lowest BCUT2D eigenvalue weighted by atomic mass is 10.0. The average molecular weight is 348 g/mol. The summed E-state index contributed by atoms with van der Waals surface area (Å²) in [6.45, 7) is 0.174. The Morgan fingerprint density at radius 1 is 0.875 bits per heavy atom. The molecule has 1 aromatic rings. The third-order valence-electron chi connectivity index (χ3n) is 3.98. The Hall–Kier alpha value is -1.11. The maximum Gasteiger partial charge on any atom is 0.266 e. The van der Waals surface area contributed by atoms with Crippen molar-refractivity contribution >= 4 is 0 Å². The van der Waals surface area contributed by atoms with Crippen molar-refractivity contribution in [1.82, 2.24) is 0 Å². The molecule has 2 N–H and O–H groups in total. The Bertz CT molecular complexity index is 481. The molecule has 0 aliphatic rings. The summed E-state index contributed by atoms with van der Waals surface area (Å²) < 4.78 is 44.9. The number of halogens is 3. The van der Waals surface area contributed by atoms with Gasteiger partial charge in [-0.05, 0) is 18.1 Å². The van der Waals surface area contributed by atoms with E-state index in [4.69, 9.17) is 14.9 Å². The van der Waals surface area contributed by atoms with Crippen LogP contribution in [0.1, 0.15) is 63.9 Å². The van der Waals surface area contributed by atoms with E-state index >= 15 is 0 Å². The molecule has 24 heavy (non-hydrogen) atoms. The molecule has 3 nitrogen and oxygen atoms in total. The summed E-state index contributed by atoms with van der Waals surface area (Å²) in [6.07, 6.45) is 7.36. The number of aliphatic hydroxyl groups is 2. The molecular weight excluding hydrogens is 321 g/mol. The Morgan fingerprint density at radius 3 is 2.08 bits per heavy atom. The van der Waals surface area contributed by atoms with Crippen molar-refractivity contribution in [2.75, 3.05) is 0 Å². The molecular formula is C18H27F3O3. The van der Waals surface area contributed by atoms with Crippen LogP contribution >= 0.6 is 0 Å². The van der Waals surface area contributed by atoms with Crippen LogP contribution in [0.3, 0.4) is 0 Å². The molecule has 0 bridgehead atoms. The Kier molecular flexibility index (Phi) is 9.98. The largest absolute Gasteiger partial charge is 0.346 e. The second-order valence-corrected chi connectivity index (χ2v) is 6.06. The van der Waals surface area contributed by atoms with Crippen LogP contribution < -0.4 is 0 Å². The van der Waals surface area contributed by atoms with E-state index in [0.29, 0.717) is 12.5 Å². The number of benzene rings is 1. The van der Waals surface area contributed by atoms with Gasteiger partial charge in [0.25, 0.3) is 6.48 Å². The van der Waals surface area contributed by atoms with Gasteiger partial charge in [-0.1, -0.05) is 51.9 Å². The maximum absolute atomic E-state index is 13.7. The topological polar surface area (TPSA) is 49.7 Å². The monoisotopic (exact) mass is 348 g/mol. The van der Waals surface area contributed by atoms with Crippen LogP contribution in [0.15, 0.2) is 12.1 Å². The summed E-state index contributed by atoms with van der Waals surface area (Å²) >= 11 is 0. The molecule has 6 heteroatoms. The molecule has 1 unspecified atom stereocenters. The smallest absolute Gasteiger partial charge is 0.266 e. The molecule has 138 valence electrons. The van der Waals surface area contributed by atoms with Crippen molar-refractivity contribution in [1.29, 1.82) is 0 Å². The number of aliphatic hydroxyl groups excluding tert-OH is 1. The first-order valence-electron chi connectivity index (χ1n) is 8.59. The second kappa shape index (κ2) is 11.4. The van der Waals surface area contributed by atoms with Gasteiger partial charge >= 0.3 is 0 Å². The maximum atomic E-state index is 13.7. The van der Waals surface area contributed by atoms with Crippen molar-refractivity contribution in [3.8, 4) is 0 Å². The third kappa shape index (κ3) is 8.13. The molecule has 0 aliphatic carbocycles. The van der Waals surface area contributed by atoms with Gasteiger partial charge in [0.1, 0.15) is 5.82 Å². The van der Waals surface area contributed by atoms with Crippen LogP contribution in [0.25, 0.3) is 0 Å². The highest BCUT2D eigenvalue weighted by Gasteiger charge is 2.18. The Morgan fingerprint density at radius 2 is 1.46 bits per heavy atom. The SMILES string of the molecule is CCCCCCCCCC(Cc1cc(F)c(F)cc1F)OC(O)O. The van der Waals surface area contributed by atoms with Crippen LogP contribution in [-0.2, 0) is 11.2 Å². The molecule has 1 aromatic carbocycles. The summed E-state index contributed by atoms with van der Waals surface area (Å²) in [4.78, 5) is 0. The Balaban J connectivity index is 2.49. The van der Waals surface area contributed by atoms with E-state index in [-0.39, 0.29) is 12.0 Å². The van der Waals surface area contributed by atoms with Gasteiger partial charge in [0.05, 0.1) is 6.10 Å². The van der Waals surface area contributed by atoms with Crippen molar-refractivity contribution < 1.29 is 28.1 Å². The normalized spacial score (nSPS) is 12.8. The molecule has 0 heterocycles. The zero-order valence-electron chi connectivity index (χ0n) is 14.1. The highest BCUT2D eigenvalue weighted by Crippen LogP contribution is 2.20. The van der Waals surface area contributed by atoms with E-state index in [1.54, 1.807) is 0 Å². The molecule has 1 rings (SSSR count). The van der Waals surface area contributed by atoms with Gasteiger partial charge in [-0.3, -0.25) is 0 Å². The molecule has 0 fully saturated rings. The van der Waals surface area contributed by atoms with Crippen molar-refractivity contribution in [2.24, 2.45) is 0 Å². The number of rotatable bonds is 12. The second-order valence-electron chi connectivity index (χ2n) is 6.06. The number of hydrogen-bond donors (Lipinski definition) is 2. The summed E-state index contributed by atoms with van der Waals surface area (Å²) in [6, 6.07) is 1.28. The minimum Gasteiger partial charge on any atom is -0.346 e. The summed E-state index contributed by atoms with van der Waals surface area (Å²) in [5, 5.41) is 17.9. The predicted molar refractivity (Wildman–Crippen MR) is 85.7 cm³/mol. The molecule has 1 atom stereocenters. The van der Waals surface area contributed by atoms with Gasteiger partial charge in [0.2, 0.25) is 0 Å². The predicted octanol–water partition coefficient (Wildman–Crippen LogP) is 4.44. The van der Waals surface area contributed by atoms with E-state index in [2.05, 4.69) is 6.92 Å². The lowest BCUT2D eigenvalue weighted by molar-refractivity contribution is -0.256. The van der Waals surface area contributed by atoms with Gasteiger partial charge in [0, 0.05) is 12.5 Å². The van der Waals surface area contributed by atoms with E-state index < -0.39 is 30.0 Å². The lowest BCUT2D eigenvalue weighted by Gasteiger charge is -2.19. The highest BCUT2D eigenvalue weighted by molar-refractivity contribution is 5.20.